The van der Waals surface area contributed by atoms with Crippen LogP contribution in [0, 0.1) is 17.0 Å². The van der Waals surface area contributed by atoms with Crippen molar-refractivity contribution in [3.8, 4) is 0 Å². The van der Waals surface area contributed by atoms with Crippen LogP contribution < -0.4 is 5.32 Å². The predicted molar refractivity (Wildman–Crippen MR) is 55.7 cm³/mol. The van der Waals surface area contributed by atoms with Crippen LogP contribution in [0.5, 0.6) is 0 Å². The van der Waals surface area contributed by atoms with Gasteiger partial charge < -0.3 is 5.32 Å². The number of hydrogen-bond donors (Lipinski definition) is 1. The van der Waals surface area contributed by atoms with E-state index in [1.807, 2.05) is 0 Å². The molecule has 0 amide bonds. The molecule has 1 saturated heterocycles. The number of benzene rings is 1. The molecule has 0 radical (unpaired) electrons. The molecule has 0 aliphatic carbocycles. The summed E-state index contributed by atoms with van der Waals surface area (Å²) in [7, 11) is 0. The van der Waals surface area contributed by atoms with Crippen molar-refractivity contribution in [3.05, 3.63) is 35.4 Å². The summed E-state index contributed by atoms with van der Waals surface area (Å²) in [5.41, 5.74) is 1.14. The van der Waals surface area contributed by atoms with E-state index in [1.54, 1.807) is 6.07 Å². The molecule has 1 aromatic carbocycles. The third kappa shape index (κ3) is 2.02. The van der Waals surface area contributed by atoms with Crippen LogP contribution in [0.2, 0.25) is 0 Å². The summed E-state index contributed by atoms with van der Waals surface area (Å²) < 4.78 is 25.7. The summed E-state index contributed by atoms with van der Waals surface area (Å²) in [6.07, 6.45) is 1.90. The van der Waals surface area contributed by atoms with Gasteiger partial charge in [0, 0.05) is 13.1 Å². The van der Waals surface area contributed by atoms with Gasteiger partial charge in [-0.3, -0.25) is 0 Å². The second-order valence-electron chi connectivity index (χ2n) is 4.38. The largest absolute Gasteiger partial charge is 0.316 e. The molecule has 1 aliphatic rings. The Bertz CT molecular complexity index is 353. The summed E-state index contributed by atoms with van der Waals surface area (Å²) in [5, 5.41) is 3.23. The topological polar surface area (TPSA) is 12.0 Å². The molecule has 82 valence electrons. The first kappa shape index (κ1) is 10.6. The maximum absolute atomic E-state index is 13.0. The van der Waals surface area contributed by atoms with Gasteiger partial charge in [-0.25, -0.2) is 8.78 Å². The average Bonchev–Trinajstić information content (AvgIpc) is 2.17. The number of nitrogens with one attached hydrogen (secondary N) is 1. The van der Waals surface area contributed by atoms with Gasteiger partial charge in [-0.1, -0.05) is 13.0 Å². The second kappa shape index (κ2) is 3.89. The Balaban J connectivity index is 2.13. The molecule has 3 heteroatoms. The van der Waals surface area contributed by atoms with Crippen LogP contribution in [-0.4, -0.2) is 13.1 Å². The zero-order valence-corrected chi connectivity index (χ0v) is 8.82. The number of rotatable bonds is 3. The second-order valence-corrected chi connectivity index (χ2v) is 4.38. The fourth-order valence-electron chi connectivity index (χ4n) is 2.06. The molecule has 0 aromatic heterocycles. The molecule has 0 atom stereocenters. The van der Waals surface area contributed by atoms with Gasteiger partial charge >= 0.3 is 0 Å². The first-order valence-electron chi connectivity index (χ1n) is 5.30. The molecule has 1 N–H and O–H groups in total. The van der Waals surface area contributed by atoms with Crippen LogP contribution in [0.4, 0.5) is 8.78 Å². The fourth-order valence-corrected chi connectivity index (χ4v) is 2.06. The van der Waals surface area contributed by atoms with Crippen molar-refractivity contribution < 1.29 is 8.78 Å². The van der Waals surface area contributed by atoms with E-state index in [9.17, 15) is 8.78 Å². The maximum Gasteiger partial charge on any atom is 0.159 e. The molecule has 2 rings (SSSR count). The van der Waals surface area contributed by atoms with Crippen molar-refractivity contribution in [1.82, 2.24) is 5.32 Å². The number of halogens is 2. The van der Waals surface area contributed by atoms with Gasteiger partial charge in [-0.05, 0) is 36.0 Å². The Kier molecular flexibility index (Phi) is 2.74. The Hall–Kier alpha value is -0.960. The van der Waals surface area contributed by atoms with Crippen LogP contribution in [0.15, 0.2) is 18.2 Å². The first-order valence-corrected chi connectivity index (χ1v) is 5.30. The van der Waals surface area contributed by atoms with Crippen molar-refractivity contribution in [1.29, 1.82) is 0 Å². The minimum atomic E-state index is -0.768. The Labute approximate surface area is 88.5 Å². The molecule has 1 fully saturated rings. The van der Waals surface area contributed by atoms with Crippen LogP contribution in [0.3, 0.4) is 0 Å². The van der Waals surface area contributed by atoms with Gasteiger partial charge in [-0.2, -0.15) is 0 Å². The van der Waals surface area contributed by atoms with Crippen molar-refractivity contribution in [2.75, 3.05) is 13.1 Å². The lowest BCUT2D eigenvalue weighted by atomic mass is 9.74. The van der Waals surface area contributed by atoms with E-state index in [4.69, 9.17) is 0 Å². The van der Waals surface area contributed by atoms with E-state index in [0.717, 1.165) is 31.5 Å². The summed E-state index contributed by atoms with van der Waals surface area (Å²) in [6.45, 7) is 4.09. The van der Waals surface area contributed by atoms with E-state index in [-0.39, 0.29) is 5.41 Å². The highest BCUT2D eigenvalue weighted by Crippen LogP contribution is 2.31. The highest BCUT2D eigenvalue weighted by atomic mass is 19.2. The van der Waals surface area contributed by atoms with Crippen molar-refractivity contribution >= 4 is 0 Å². The van der Waals surface area contributed by atoms with Crippen LogP contribution in [0.25, 0.3) is 0 Å². The summed E-state index contributed by atoms with van der Waals surface area (Å²) in [6, 6.07) is 4.19. The molecule has 0 saturated carbocycles. The summed E-state index contributed by atoms with van der Waals surface area (Å²) >= 11 is 0. The van der Waals surface area contributed by atoms with Crippen LogP contribution in [-0.2, 0) is 6.42 Å². The van der Waals surface area contributed by atoms with Crippen molar-refractivity contribution in [3.63, 3.8) is 0 Å². The lowest BCUT2D eigenvalue weighted by Gasteiger charge is -2.42. The lowest BCUT2D eigenvalue weighted by molar-refractivity contribution is 0.160. The fraction of sp³-hybridized carbons (Fsp3) is 0.500. The average molecular weight is 211 g/mol. The SMILES string of the molecule is CCC1(Cc2ccc(F)c(F)c2)CNC1. The minimum Gasteiger partial charge on any atom is -0.316 e. The van der Waals surface area contributed by atoms with Crippen LogP contribution in [0.1, 0.15) is 18.9 Å². The normalized spacial score (nSPS) is 18.6. The monoisotopic (exact) mass is 211 g/mol. The third-order valence-electron chi connectivity index (χ3n) is 3.31. The van der Waals surface area contributed by atoms with E-state index < -0.39 is 11.6 Å². The Morgan fingerprint density at radius 2 is 2.00 bits per heavy atom. The molecular weight excluding hydrogens is 196 g/mol. The molecule has 0 unspecified atom stereocenters. The molecule has 15 heavy (non-hydrogen) atoms. The minimum absolute atomic E-state index is 0.254. The van der Waals surface area contributed by atoms with Gasteiger partial charge in [0.15, 0.2) is 11.6 Å². The Morgan fingerprint density at radius 3 is 2.47 bits per heavy atom. The van der Waals surface area contributed by atoms with E-state index in [2.05, 4.69) is 12.2 Å². The molecule has 1 aliphatic heterocycles. The molecule has 1 aromatic rings. The van der Waals surface area contributed by atoms with Crippen LogP contribution >= 0.6 is 0 Å². The summed E-state index contributed by atoms with van der Waals surface area (Å²) in [4.78, 5) is 0. The van der Waals surface area contributed by atoms with Gasteiger partial charge in [-0.15, -0.1) is 0 Å². The predicted octanol–water partition coefficient (Wildman–Crippen LogP) is 2.51. The van der Waals surface area contributed by atoms with E-state index in [0.29, 0.717) is 0 Å². The van der Waals surface area contributed by atoms with E-state index in [1.165, 1.54) is 12.1 Å². The zero-order chi connectivity index (χ0) is 10.9. The van der Waals surface area contributed by atoms with Crippen molar-refractivity contribution in [2.24, 2.45) is 5.41 Å². The standard InChI is InChI=1S/C12H15F2N/c1-2-12(7-15-8-12)6-9-3-4-10(13)11(14)5-9/h3-5,15H,2,6-8H2,1H3. The molecule has 1 nitrogen and oxygen atoms in total. The van der Waals surface area contributed by atoms with Crippen molar-refractivity contribution in [2.45, 2.75) is 19.8 Å². The maximum atomic E-state index is 13.0. The highest BCUT2D eigenvalue weighted by molar-refractivity contribution is 5.20. The quantitative estimate of drug-likeness (QED) is 0.810. The zero-order valence-electron chi connectivity index (χ0n) is 8.82. The summed E-state index contributed by atoms with van der Waals surface area (Å²) in [5.74, 6) is -1.51. The van der Waals surface area contributed by atoms with E-state index >= 15 is 0 Å². The first-order chi connectivity index (χ1) is 7.15. The Morgan fingerprint density at radius 1 is 1.27 bits per heavy atom. The third-order valence-corrected chi connectivity index (χ3v) is 3.31. The van der Waals surface area contributed by atoms with Gasteiger partial charge in [0.2, 0.25) is 0 Å². The smallest absolute Gasteiger partial charge is 0.159 e. The molecule has 1 heterocycles. The molecule has 0 spiro atoms. The highest BCUT2D eigenvalue weighted by Gasteiger charge is 2.34. The van der Waals surface area contributed by atoms with Gasteiger partial charge in [0.25, 0.3) is 0 Å². The number of hydrogen-bond acceptors (Lipinski definition) is 1. The lowest BCUT2D eigenvalue weighted by Crippen LogP contribution is -2.54. The molecule has 0 bridgehead atoms. The molecular formula is C12H15F2N. The van der Waals surface area contributed by atoms with Gasteiger partial charge in [0.05, 0.1) is 0 Å². The van der Waals surface area contributed by atoms with Gasteiger partial charge in [0.1, 0.15) is 0 Å².